The molecule has 0 saturated carbocycles. The van der Waals surface area contributed by atoms with Gasteiger partial charge in [-0.25, -0.2) is 5.06 Å². The van der Waals surface area contributed by atoms with Crippen LogP contribution >= 0.6 is 0 Å². The van der Waals surface area contributed by atoms with E-state index in [4.69, 9.17) is 14.3 Å². The largest absolute Gasteiger partial charge is 0.489 e. The molecule has 5 heteroatoms. The van der Waals surface area contributed by atoms with Gasteiger partial charge in [-0.1, -0.05) is 68.4 Å². The third kappa shape index (κ3) is 6.04. The second kappa shape index (κ2) is 11.9. The summed E-state index contributed by atoms with van der Waals surface area (Å²) in [6.07, 6.45) is 1.92. The number of carbonyl (C=O) groups excluding carboxylic acids is 1. The van der Waals surface area contributed by atoms with Crippen molar-refractivity contribution in [3.8, 4) is 11.5 Å². The Labute approximate surface area is 209 Å². The molecule has 0 aliphatic heterocycles. The molecule has 0 saturated heterocycles. The van der Waals surface area contributed by atoms with Crippen LogP contribution in [0.4, 0.5) is 0 Å². The lowest BCUT2D eigenvalue weighted by Crippen LogP contribution is -2.30. The van der Waals surface area contributed by atoms with Crippen LogP contribution < -0.4 is 9.47 Å². The number of amides is 1. The molecule has 0 aliphatic carbocycles. The lowest BCUT2D eigenvalue weighted by Gasteiger charge is -2.34. The molecular weight excluding hydrogens is 438 g/mol. The van der Waals surface area contributed by atoms with Crippen LogP contribution in [0.2, 0.25) is 0 Å². The van der Waals surface area contributed by atoms with Crippen LogP contribution in [0.5, 0.6) is 11.5 Å². The summed E-state index contributed by atoms with van der Waals surface area (Å²) in [7, 11) is 3.02. The molecule has 35 heavy (non-hydrogen) atoms. The smallest absolute Gasteiger partial charge is 0.283 e. The van der Waals surface area contributed by atoms with Crippen LogP contribution in [0.3, 0.4) is 0 Å². The summed E-state index contributed by atoms with van der Waals surface area (Å²) in [6.45, 7) is 9.08. The van der Waals surface area contributed by atoms with E-state index in [2.05, 4.69) is 63.2 Å². The number of nitrogens with zero attached hydrogens (tertiary/aromatic N) is 1. The maximum absolute atomic E-state index is 12.0. The fraction of sp³-hybridized carbons (Fsp3) is 0.367. The van der Waals surface area contributed by atoms with Gasteiger partial charge in [0, 0.05) is 12.5 Å². The minimum atomic E-state index is -0.238. The maximum atomic E-state index is 12.0. The second-order valence-corrected chi connectivity index (χ2v) is 8.89. The van der Waals surface area contributed by atoms with E-state index in [1.807, 2.05) is 31.2 Å². The molecule has 3 rings (SSSR count). The SMILES string of the molecule is CCC(CC)(c1ccc(OCC(=O)N(C)OC)c(C)c1)c1ccc(OCc2ccccc2)c(C)c1. The van der Waals surface area contributed by atoms with Gasteiger partial charge in [0.2, 0.25) is 0 Å². The Kier molecular flexibility index (Phi) is 8.94. The Morgan fingerprint density at radius 1 is 0.829 bits per heavy atom. The van der Waals surface area contributed by atoms with Crippen molar-refractivity contribution in [2.75, 3.05) is 20.8 Å². The van der Waals surface area contributed by atoms with Gasteiger partial charge in [0.25, 0.3) is 5.91 Å². The number of rotatable bonds is 11. The number of ether oxygens (including phenoxy) is 2. The lowest BCUT2D eigenvalue weighted by atomic mass is 9.70. The second-order valence-electron chi connectivity index (χ2n) is 8.89. The number of hydroxylamine groups is 2. The summed E-state index contributed by atoms with van der Waals surface area (Å²) in [6, 6.07) is 23.0. The molecule has 0 radical (unpaired) electrons. The third-order valence-electron chi connectivity index (χ3n) is 6.88. The summed E-state index contributed by atoms with van der Waals surface area (Å²) >= 11 is 0. The van der Waals surface area contributed by atoms with E-state index < -0.39 is 0 Å². The number of hydrogen-bond donors (Lipinski definition) is 0. The predicted molar refractivity (Wildman–Crippen MR) is 140 cm³/mol. The van der Waals surface area contributed by atoms with Crippen molar-refractivity contribution in [2.45, 2.75) is 52.6 Å². The predicted octanol–water partition coefficient (Wildman–Crippen LogP) is 6.39. The van der Waals surface area contributed by atoms with Crippen LogP contribution in [0.1, 0.15) is 54.5 Å². The van der Waals surface area contributed by atoms with Crippen LogP contribution in [-0.4, -0.2) is 31.7 Å². The first-order valence-electron chi connectivity index (χ1n) is 12.2. The van der Waals surface area contributed by atoms with Gasteiger partial charge in [0.1, 0.15) is 18.1 Å². The van der Waals surface area contributed by atoms with Gasteiger partial charge in [0.05, 0.1) is 7.11 Å². The zero-order chi connectivity index (χ0) is 25.4. The zero-order valence-corrected chi connectivity index (χ0v) is 21.8. The van der Waals surface area contributed by atoms with E-state index in [0.29, 0.717) is 12.4 Å². The standard InChI is InChI=1S/C30H37NO4/c1-7-30(8-2,26-15-17-28(23(4)19-26)35-21-29(32)31(5)33-6)25-14-16-27(22(3)18-25)34-20-24-12-10-9-11-13-24/h9-19H,7-8,20-21H2,1-6H3. The van der Waals surface area contributed by atoms with E-state index in [1.165, 1.54) is 23.3 Å². The molecule has 0 aromatic heterocycles. The number of likely N-dealkylation sites (N-methyl/N-ethyl adjacent to an activating group) is 1. The first-order valence-corrected chi connectivity index (χ1v) is 12.2. The average Bonchev–Trinajstić information content (AvgIpc) is 2.88. The minimum Gasteiger partial charge on any atom is -0.489 e. The van der Waals surface area contributed by atoms with Gasteiger partial charge in [-0.3, -0.25) is 9.63 Å². The Morgan fingerprint density at radius 2 is 1.37 bits per heavy atom. The Bertz CT molecular complexity index is 1120. The average molecular weight is 476 g/mol. The van der Waals surface area contributed by atoms with E-state index in [0.717, 1.165) is 35.3 Å². The van der Waals surface area contributed by atoms with Crippen molar-refractivity contribution >= 4 is 5.91 Å². The molecule has 1 amide bonds. The molecule has 3 aromatic carbocycles. The Hall–Kier alpha value is -3.31. The first kappa shape index (κ1) is 26.3. The highest BCUT2D eigenvalue weighted by atomic mass is 16.7. The third-order valence-corrected chi connectivity index (χ3v) is 6.88. The van der Waals surface area contributed by atoms with E-state index >= 15 is 0 Å². The minimum absolute atomic E-state index is 0.0686. The maximum Gasteiger partial charge on any atom is 0.283 e. The Morgan fingerprint density at radius 3 is 1.86 bits per heavy atom. The highest BCUT2D eigenvalue weighted by molar-refractivity contribution is 5.76. The van der Waals surface area contributed by atoms with Crippen molar-refractivity contribution in [1.82, 2.24) is 5.06 Å². The number of benzene rings is 3. The quantitative estimate of drug-likeness (QED) is 0.302. The molecule has 0 aliphatic rings. The van der Waals surface area contributed by atoms with Crippen LogP contribution in [0.25, 0.3) is 0 Å². The van der Waals surface area contributed by atoms with E-state index in [-0.39, 0.29) is 17.9 Å². The normalized spacial score (nSPS) is 11.3. The molecule has 0 fully saturated rings. The monoisotopic (exact) mass is 475 g/mol. The Balaban J connectivity index is 1.82. The molecule has 0 N–H and O–H groups in total. The van der Waals surface area contributed by atoms with Crippen LogP contribution in [0, 0.1) is 13.8 Å². The summed E-state index contributed by atoms with van der Waals surface area (Å²) < 4.78 is 11.9. The van der Waals surface area contributed by atoms with Gasteiger partial charge >= 0.3 is 0 Å². The van der Waals surface area contributed by atoms with Crippen molar-refractivity contribution in [3.05, 3.63) is 94.5 Å². The molecule has 0 unspecified atom stereocenters. The number of carbonyl (C=O) groups is 1. The summed E-state index contributed by atoms with van der Waals surface area (Å²) in [5.41, 5.74) is 5.67. The summed E-state index contributed by atoms with van der Waals surface area (Å²) in [5, 5.41) is 1.17. The fourth-order valence-corrected chi connectivity index (χ4v) is 4.52. The molecule has 0 atom stereocenters. The van der Waals surface area contributed by atoms with Crippen LogP contribution in [0.15, 0.2) is 66.7 Å². The summed E-state index contributed by atoms with van der Waals surface area (Å²) in [5.74, 6) is 1.37. The van der Waals surface area contributed by atoms with Gasteiger partial charge in [-0.15, -0.1) is 0 Å². The van der Waals surface area contributed by atoms with Gasteiger partial charge in [-0.05, 0) is 66.6 Å². The molecule has 0 spiro atoms. The molecule has 186 valence electrons. The van der Waals surface area contributed by atoms with Crippen molar-refractivity contribution in [1.29, 1.82) is 0 Å². The molecular formula is C30H37NO4. The molecule has 5 nitrogen and oxygen atoms in total. The van der Waals surface area contributed by atoms with Crippen molar-refractivity contribution in [2.24, 2.45) is 0 Å². The van der Waals surface area contributed by atoms with Gasteiger partial charge in [-0.2, -0.15) is 0 Å². The van der Waals surface area contributed by atoms with Gasteiger partial charge < -0.3 is 9.47 Å². The van der Waals surface area contributed by atoms with Crippen molar-refractivity contribution < 1.29 is 19.1 Å². The lowest BCUT2D eigenvalue weighted by molar-refractivity contribution is -0.170. The van der Waals surface area contributed by atoms with Crippen LogP contribution in [-0.2, 0) is 21.7 Å². The first-order chi connectivity index (χ1) is 16.8. The van der Waals surface area contributed by atoms with Crippen molar-refractivity contribution in [3.63, 3.8) is 0 Å². The molecule has 3 aromatic rings. The van der Waals surface area contributed by atoms with E-state index in [9.17, 15) is 4.79 Å². The fourth-order valence-electron chi connectivity index (χ4n) is 4.52. The van der Waals surface area contributed by atoms with E-state index in [1.54, 1.807) is 7.05 Å². The van der Waals surface area contributed by atoms with Gasteiger partial charge in [0.15, 0.2) is 6.61 Å². The molecule has 0 heterocycles. The highest BCUT2D eigenvalue weighted by Crippen LogP contribution is 2.41. The summed E-state index contributed by atoms with van der Waals surface area (Å²) in [4.78, 5) is 16.9. The number of aryl methyl sites for hydroxylation is 2. The topological polar surface area (TPSA) is 48.0 Å². The molecule has 0 bridgehead atoms. The number of hydrogen-bond acceptors (Lipinski definition) is 4. The zero-order valence-electron chi connectivity index (χ0n) is 21.8. The highest BCUT2D eigenvalue weighted by Gasteiger charge is 2.31.